The number of alkyl halides is 4. The molecule has 50 heavy (non-hydrogen) atoms. The van der Waals surface area contributed by atoms with Crippen molar-refractivity contribution < 1.29 is 31.5 Å². The van der Waals surface area contributed by atoms with Crippen LogP contribution in [-0.2, 0) is 11.0 Å². The molecule has 2 atom stereocenters. The van der Waals surface area contributed by atoms with Gasteiger partial charge in [-0.2, -0.15) is 18.4 Å². The molecule has 0 aliphatic carbocycles. The number of nitrogens with zero attached hydrogens (tertiary/aromatic N) is 8. The van der Waals surface area contributed by atoms with E-state index in [4.69, 9.17) is 4.74 Å². The molecule has 0 bridgehead atoms. The van der Waals surface area contributed by atoms with Gasteiger partial charge >= 0.3 is 6.18 Å². The van der Waals surface area contributed by atoms with E-state index in [2.05, 4.69) is 33.2 Å². The first-order valence-electron chi connectivity index (χ1n) is 16.2. The highest BCUT2D eigenvalue weighted by molar-refractivity contribution is 6.08. The number of hydrogen-bond acceptors (Lipinski definition) is 8. The number of carbonyl (C=O) groups excluding carboxylic acids is 1. The lowest BCUT2D eigenvalue weighted by Crippen LogP contribution is -2.67. The quantitative estimate of drug-likeness (QED) is 0.158. The molecule has 0 radical (unpaired) electrons. The van der Waals surface area contributed by atoms with E-state index in [1.165, 1.54) is 22.8 Å². The number of fused-ring (bicyclic) bond motifs is 3. The molecule has 15 heteroatoms. The highest BCUT2D eigenvalue weighted by Gasteiger charge is 2.44. The van der Waals surface area contributed by atoms with Crippen molar-refractivity contribution in [1.82, 2.24) is 29.8 Å². The summed E-state index contributed by atoms with van der Waals surface area (Å²) in [6.45, 7) is 4.08. The Kier molecular flexibility index (Phi) is 9.19. The van der Waals surface area contributed by atoms with Crippen molar-refractivity contribution in [3.05, 3.63) is 53.4 Å². The van der Waals surface area contributed by atoms with Crippen molar-refractivity contribution in [3.8, 4) is 22.9 Å². The van der Waals surface area contributed by atoms with Crippen molar-refractivity contribution in [3.63, 3.8) is 0 Å². The Labute approximate surface area is 285 Å². The van der Waals surface area contributed by atoms with Crippen LogP contribution in [-0.4, -0.2) is 94.8 Å². The maximum Gasteiger partial charge on any atom is 0.417 e. The third-order valence-electron chi connectivity index (χ3n) is 10.0. The highest BCUT2D eigenvalue weighted by atomic mass is 19.4. The number of rotatable bonds is 8. The Balaban J connectivity index is 1.60. The molecular formula is C35H37F5N8O2. The van der Waals surface area contributed by atoms with Gasteiger partial charge in [-0.15, -0.1) is 5.10 Å². The van der Waals surface area contributed by atoms with Crippen LogP contribution in [0.5, 0.6) is 5.75 Å². The summed E-state index contributed by atoms with van der Waals surface area (Å²) in [4.78, 5) is 22.9. The first-order valence-corrected chi connectivity index (χ1v) is 16.2. The molecule has 1 amide bonds. The Hall–Kier alpha value is -4.84. The van der Waals surface area contributed by atoms with Crippen LogP contribution >= 0.6 is 0 Å². The fourth-order valence-corrected chi connectivity index (χ4v) is 7.16. The smallest absolute Gasteiger partial charge is 0.417 e. The number of amides is 1. The largest absolute Gasteiger partial charge is 0.496 e. The number of aryl methyl sites for hydroxylation is 1. The first-order chi connectivity index (χ1) is 23.7. The molecule has 6 rings (SSSR count). The molecule has 264 valence electrons. The van der Waals surface area contributed by atoms with E-state index in [0.717, 1.165) is 18.2 Å². The van der Waals surface area contributed by atoms with E-state index in [-0.39, 0.29) is 64.0 Å². The first kappa shape index (κ1) is 35.0. The number of aromatic nitrogens is 4. The maximum atomic E-state index is 17.0. The average Bonchev–Trinajstić information content (AvgIpc) is 3.51. The predicted octanol–water partition coefficient (Wildman–Crippen LogP) is 6.23. The number of anilines is 1. The van der Waals surface area contributed by atoms with Gasteiger partial charge in [0.1, 0.15) is 23.5 Å². The second-order valence-electron chi connectivity index (χ2n) is 13.4. The van der Waals surface area contributed by atoms with Crippen LogP contribution in [0.1, 0.15) is 43.4 Å². The number of ether oxygens (including phenoxy) is 1. The molecule has 2 aliphatic rings. The molecule has 2 aromatic carbocycles. The van der Waals surface area contributed by atoms with Crippen molar-refractivity contribution in [2.24, 2.45) is 0 Å². The summed E-state index contributed by atoms with van der Waals surface area (Å²) in [5.74, 6) is -1.20. The molecule has 0 N–H and O–H groups in total. The molecular weight excluding hydrogens is 659 g/mol. The van der Waals surface area contributed by atoms with Gasteiger partial charge in [-0.05, 0) is 58.5 Å². The monoisotopic (exact) mass is 696 g/mol. The number of nitriles is 1. The number of likely N-dealkylation sites (tertiary alicyclic amines) is 1. The summed E-state index contributed by atoms with van der Waals surface area (Å²) in [5.41, 5.74) is -1.54. The molecule has 0 spiro atoms. The van der Waals surface area contributed by atoms with Gasteiger partial charge < -0.3 is 19.4 Å². The number of pyridine rings is 1. The Bertz CT molecular complexity index is 2030. The third kappa shape index (κ3) is 5.89. The Morgan fingerprint density at radius 3 is 2.62 bits per heavy atom. The summed E-state index contributed by atoms with van der Waals surface area (Å²) in [5, 5.41) is 18.3. The van der Waals surface area contributed by atoms with E-state index in [1.54, 1.807) is 19.1 Å². The standard InChI is InChI=1S/C35H37F5N8O2/c1-20-8-6-9-23(32(20)50-5)27-25(35(38,39)40)17-24-29(28(27)37)42-33(46-18-34(2,19-46)45(3)4)30-31(24)48(44-43-30)22-12-15-47(21(16-22)11-14-41)26(49)10-7-13-36/h6-10,17,21-22H,11-13,15-16,18-19H2,1-5H3/b10-7+/t21?,22-/m0/s1. The van der Waals surface area contributed by atoms with Crippen LogP contribution in [0.4, 0.5) is 27.8 Å². The van der Waals surface area contributed by atoms with E-state index in [1.807, 2.05) is 19.0 Å². The Morgan fingerprint density at radius 2 is 1.98 bits per heavy atom. The van der Waals surface area contributed by atoms with Crippen LogP contribution < -0.4 is 9.64 Å². The average molecular weight is 697 g/mol. The lowest BCUT2D eigenvalue weighted by Gasteiger charge is -2.52. The summed E-state index contributed by atoms with van der Waals surface area (Å²) in [6.07, 6.45) is -2.26. The number of halogens is 5. The molecule has 4 aromatic rings. The van der Waals surface area contributed by atoms with Gasteiger partial charge in [0.2, 0.25) is 5.91 Å². The van der Waals surface area contributed by atoms with E-state index >= 15 is 4.39 Å². The summed E-state index contributed by atoms with van der Waals surface area (Å²) < 4.78 is 81.6. The zero-order valence-electron chi connectivity index (χ0n) is 28.4. The van der Waals surface area contributed by atoms with E-state index < -0.39 is 47.8 Å². The van der Waals surface area contributed by atoms with Crippen molar-refractivity contribution in [2.75, 3.05) is 52.4 Å². The second-order valence-corrected chi connectivity index (χ2v) is 13.4. The number of piperidine rings is 1. The predicted molar refractivity (Wildman–Crippen MR) is 178 cm³/mol. The van der Waals surface area contributed by atoms with Gasteiger partial charge in [-0.3, -0.25) is 4.79 Å². The molecule has 0 saturated carbocycles. The van der Waals surface area contributed by atoms with Crippen LogP contribution in [0, 0.1) is 24.1 Å². The number of hydrogen-bond donors (Lipinski definition) is 0. The number of benzene rings is 2. The lowest BCUT2D eigenvalue weighted by molar-refractivity contribution is -0.137. The highest BCUT2D eigenvalue weighted by Crippen LogP contribution is 2.47. The zero-order chi connectivity index (χ0) is 36.1. The van der Waals surface area contributed by atoms with Gasteiger partial charge in [0.15, 0.2) is 17.2 Å². The third-order valence-corrected chi connectivity index (χ3v) is 10.0. The van der Waals surface area contributed by atoms with Gasteiger partial charge in [-0.25, -0.2) is 18.4 Å². The number of likely N-dealkylation sites (N-methyl/N-ethyl adjacent to an activating group) is 1. The van der Waals surface area contributed by atoms with Crippen molar-refractivity contribution >= 4 is 33.7 Å². The molecule has 1 unspecified atom stereocenters. The van der Waals surface area contributed by atoms with E-state index in [0.29, 0.717) is 25.1 Å². The van der Waals surface area contributed by atoms with Crippen LogP contribution in [0.15, 0.2) is 36.4 Å². The van der Waals surface area contributed by atoms with Crippen LogP contribution in [0.3, 0.4) is 0 Å². The Morgan fingerprint density at radius 1 is 1.24 bits per heavy atom. The molecule has 2 saturated heterocycles. The van der Waals surface area contributed by atoms with Crippen LogP contribution in [0.25, 0.3) is 33.1 Å². The SMILES string of the molecule is COc1c(C)cccc1-c1c(C(F)(F)F)cc2c(nc(N3CC(C)(N(C)C)C3)c3nnn([C@H]4CCN(C(=O)/C=C/CF)C(CC#N)C4)c32)c1F. The number of methoxy groups -OCH3 is 1. The minimum atomic E-state index is -4.97. The van der Waals surface area contributed by atoms with Crippen molar-refractivity contribution in [2.45, 2.75) is 56.9 Å². The zero-order valence-corrected chi connectivity index (χ0v) is 28.4. The number of carbonyl (C=O) groups is 1. The lowest BCUT2D eigenvalue weighted by atomic mass is 9.90. The topological polar surface area (TPSA) is 103 Å². The van der Waals surface area contributed by atoms with E-state index in [9.17, 15) is 27.6 Å². The fraction of sp³-hybridized carbons (Fsp3) is 0.457. The van der Waals surface area contributed by atoms with Gasteiger partial charge in [0, 0.05) is 48.3 Å². The normalized spacial score (nSPS) is 19.4. The molecule has 2 aromatic heterocycles. The molecule has 10 nitrogen and oxygen atoms in total. The summed E-state index contributed by atoms with van der Waals surface area (Å²) >= 11 is 0. The molecule has 2 fully saturated rings. The number of para-hydroxylation sites is 1. The minimum absolute atomic E-state index is 0.0304. The van der Waals surface area contributed by atoms with Gasteiger partial charge in [0.05, 0.1) is 36.7 Å². The summed E-state index contributed by atoms with van der Waals surface area (Å²) in [7, 11) is 5.21. The molecule has 4 heterocycles. The van der Waals surface area contributed by atoms with Gasteiger partial charge in [-0.1, -0.05) is 23.4 Å². The van der Waals surface area contributed by atoms with Gasteiger partial charge in [0.25, 0.3) is 0 Å². The van der Waals surface area contributed by atoms with Crippen molar-refractivity contribution in [1.29, 1.82) is 5.26 Å². The summed E-state index contributed by atoms with van der Waals surface area (Å²) in [6, 6.07) is 6.50. The maximum absolute atomic E-state index is 17.0. The number of allylic oxidation sites excluding steroid dienone is 1. The minimum Gasteiger partial charge on any atom is -0.496 e. The van der Waals surface area contributed by atoms with Crippen LogP contribution in [0.2, 0.25) is 0 Å². The fourth-order valence-electron chi connectivity index (χ4n) is 7.16. The second kappa shape index (κ2) is 13.1. The molecule has 2 aliphatic heterocycles.